The number of ketones is 1. The molecule has 0 aromatic heterocycles. The predicted octanol–water partition coefficient (Wildman–Crippen LogP) is 4.76. The largest absolute Gasteiger partial charge is 0.462 e. The van der Waals surface area contributed by atoms with E-state index in [-0.39, 0.29) is 29.7 Å². The van der Waals surface area contributed by atoms with Crippen LogP contribution in [0.15, 0.2) is 24.3 Å². The highest BCUT2D eigenvalue weighted by Crippen LogP contribution is 2.45. The van der Waals surface area contributed by atoms with Gasteiger partial charge in [0.1, 0.15) is 6.10 Å². The van der Waals surface area contributed by atoms with E-state index in [0.29, 0.717) is 6.42 Å². The Hall–Kier alpha value is -1.38. The minimum atomic E-state index is -0.0967. The van der Waals surface area contributed by atoms with Crippen molar-refractivity contribution in [2.75, 3.05) is 0 Å². The maximum Gasteiger partial charge on any atom is 0.306 e. The molecule has 3 atom stereocenters. The zero-order valence-electron chi connectivity index (χ0n) is 14.3. The number of carbonyl (C=O) groups excluding carboxylic acids is 2. The fourth-order valence-corrected chi connectivity index (χ4v) is 3.25. The summed E-state index contributed by atoms with van der Waals surface area (Å²) >= 11 is 0. The summed E-state index contributed by atoms with van der Waals surface area (Å²) in [5.74, 6) is 0.478. The van der Waals surface area contributed by atoms with E-state index in [1.54, 1.807) is 6.08 Å². The monoisotopic (exact) mass is 318 g/mol. The van der Waals surface area contributed by atoms with Crippen LogP contribution in [0.4, 0.5) is 0 Å². The fraction of sp³-hybridized carbons (Fsp3) is 0.700. The predicted molar refractivity (Wildman–Crippen MR) is 92.0 cm³/mol. The van der Waals surface area contributed by atoms with Crippen LogP contribution in [0, 0.1) is 11.8 Å². The van der Waals surface area contributed by atoms with Gasteiger partial charge in [-0.05, 0) is 51.0 Å². The van der Waals surface area contributed by atoms with Gasteiger partial charge < -0.3 is 4.74 Å². The lowest BCUT2D eigenvalue weighted by Gasteiger charge is -2.22. The molecule has 0 radical (unpaired) electrons. The number of hydrogen-bond donors (Lipinski definition) is 0. The third kappa shape index (κ3) is 6.32. The van der Waals surface area contributed by atoms with E-state index >= 15 is 0 Å². The fourth-order valence-electron chi connectivity index (χ4n) is 3.25. The molecule has 0 aromatic carbocycles. The van der Waals surface area contributed by atoms with Crippen LogP contribution in [0.3, 0.4) is 0 Å². The van der Waals surface area contributed by atoms with Crippen LogP contribution >= 0.6 is 0 Å². The molecule has 0 aromatic rings. The molecule has 2 rings (SSSR count). The van der Waals surface area contributed by atoms with Crippen molar-refractivity contribution in [2.45, 2.75) is 77.2 Å². The second-order valence-electron chi connectivity index (χ2n) is 6.78. The third-order valence-electron chi connectivity index (χ3n) is 4.76. The molecule has 1 saturated heterocycles. The van der Waals surface area contributed by atoms with Gasteiger partial charge in [-0.15, -0.1) is 0 Å². The first kappa shape index (κ1) is 18.0. The zero-order valence-corrected chi connectivity index (χ0v) is 14.3. The molecule has 128 valence electrons. The van der Waals surface area contributed by atoms with E-state index in [9.17, 15) is 9.59 Å². The normalized spacial score (nSPS) is 27.5. The molecule has 0 amide bonds. The quantitative estimate of drug-likeness (QED) is 0.252. The van der Waals surface area contributed by atoms with Crippen LogP contribution in [0.1, 0.15) is 71.1 Å². The van der Waals surface area contributed by atoms with Gasteiger partial charge in [-0.3, -0.25) is 9.59 Å². The summed E-state index contributed by atoms with van der Waals surface area (Å²) in [6.45, 7) is 2.22. The molecule has 2 aliphatic rings. The van der Waals surface area contributed by atoms with Crippen molar-refractivity contribution >= 4 is 11.8 Å². The van der Waals surface area contributed by atoms with Crippen LogP contribution < -0.4 is 0 Å². The van der Waals surface area contributed by atoms with Crippen molar-refractivity contribution < 1.29 is 14.3 Å². The molecule has 3 nitrogen and oxygen atoms in total. The Bertz CT molecular complexity index is 450. The average Bonchev–Trinajstić information content (AvgIpc) is 3.34. The Labute approximate surface area is 140 Å². The van der Waals surface area contributed by atoms with Gasteiger partial charge >= 0.3 is 5.97 Å². The Morgan fingerprint density at radius 2 is 1.96 bits per heavy atom. The first-order valence-corrected chi connectivity index (χ1v) is 9.27. The minimum absolute atomic E-state index is 0.00958. The van der Waals surface area contributed by atoms with Crippen LogP contribution in [-0.4, -0.2) is 17.9 Å². The lowest BCUT2D eigenvalue weighted by atomic mass is 10.0. The molecule has 1 saturated carbocycles. The average molecular weight is 318 g/mol. The van der Waals surface area contributed by atoms with Crippen LogP contribution in [-0.2, 0) is 14.3 Å². The van der Waals surface area contributed by atoms with Crippen molar-refractivity contribution in [3.8, 4) is 0 Å². The molecule has 23 heavy (non-hydrogen) atoms. The SMILES string of the molecule is CCCCC/C=C\CC/C=C/C(=O)[C@@H]1C[C@H]1[C@H]1CCCC(=O)O1. The topological polar surface area (TPSA) is 43.4 Å². The molecule has 1 heterocycles. The maximum absolute atomic E-state index is 12.1. The summed E-state index contributed by atoms with van der Waals surface area (Å²) in [7, 11) is 0. The Morgan fingerprint density at radius 3 is 2.74 bits per heavy atom. The van der Waals surface area contributed by atoms with E-state index in [4.69, 9.17) is 4.74 Å². The molecular formula is C20H30O3. The summed E-state index contributed by atoms with van der Waals surface area (Å²) in [6.07, 6.45) is 18.4. The molecule has 0 unspecified atom stereocenters. The van der Waals surface area contributed by atoms with Crippen molar-refractivity contribution in [2.24, 2.45) is 11.8 Å². The third-order valence-corrected chi connectivity index (χ3v) is 4.76. The van der Waals surface area contributed by atoms with E-state index in [1.165, 1.54) is 25.7 Å². The summed E-state index contributed by atoms with van der Waals surface area (Å²) in [4.78, 5) is 23.4. The van der Waals surface area contributed by atoms with Gasteiger partial charge in [0.2, 0.25) is 0 Å². The van der Waals surface area contributed by atoms with Gasteiger partial charge in [-0.1, -0.05) is 38.0 Å². The van der Waals surface area contributed by atoms with Crippen molar-refractivity contribution in [3.63, 3.8) is 0 Å². The second kappa shape index (κ2) is 9.69. The molecule has 0 bridgehead atoms. The Balaban J connectivity index is 1.57. The molecule has 3 heteroatoms. The summed E-state index contributed by atoms with van der Waals surface area (Å²) in [5, 5.41) is 0. The number of cyclic esters (lactones) is 1. The summed E-state index contributed by atoms with van der Waals surface area (Å²) in [6, 6.07) is 0. The van der Waals surface area contributed by atoms with E-state index < -0.39 is 0 Å². The van der Waals surface area contributed by atoms with Gasteiger partial charge in [-0.25, -0.2) is 0 Å². The highest BCUT2D eigenvalue weighted by Gasteiger charge is 2.48. The summed E-state index contributed by atoms with van der Waals surface area (Å²) < 4.78 is 5.36. The standard InChI is InChI=1S/C20H30O3/c1-2-3-4-5-6-7-8-9-10-12-18(21)16-15-17(16)19-13-11-14-20(22)23-19/h6-7,10,12,16-17,19H,2-5,8-9,11,13-15H2,1H3/b7-6-,12-10+/t16-,17-,19-/m1/s1. The van der Waals surface area contributed by atoms with Gasteiger partial charge in [-0.2, -0.15) is 0 Å². The van der Waals surface area contributed by atoms with Gasteiger partial charge in [0, 0.05) is 18.3 Å². The lowest BCUT2D eigenvalue weighted by molar-refractivity contribution is -0.155. The Kier molecular flexibility index (Phi) is 7.57. The molecule has 1 aliphatic heterocycles. The lowest BCUT2D eigenvalue weighted by Crippen LogP contribution is -2.26. The van der Waals surface area contributed by atoms with Gasteiger partial charge in [0.05, 0.1) is 0 Å². The molecular weight excluding hydrogens is 288 g/mol. The van der Waals surface area contributed by atoms with Crippen molar-refractivity contribution in [1.82, 2.24) is 0 Å². The number of unbranched alkanes of at least 4 members (excludes halogenated alkanes) is 4. The van der Waals surface area contributed by atoms with E-state index in [0.717, 1.165) is 32.1 Å². The smallest absolute Gasteiger partial charge is 0.306 e. The maximum atomic E-state index is 12.1. The van der Waals surface area contributed by atoms with E-state index in [2.05, 4.69) is 19.1 Å². The number of esters is 1. The first-order valence-electron chi connectivity index (χ1n) is 9.27. The molecule has 1 aliphatic carbocycles. The molecule has 0 N–H and O–H groups in total. The van der Waals surface area contributed by atoms with Crippen molar-refractivity contribution in [3.05, 3.63) is 24.3 Å². The van der Waals surface area contributed by atoms with Crippen LogP contribution in [0.25, 0.3) is 0 Å². The van der Waals surface area contributed by atoms with E-state index in [1.807, 2.05) is 6.08 Å². The number of allylic oxidation sites excluding steroid dienone is 4. The number of rotatable bonds is 10. The zero-order chi connectivity index (χ0) is 16.5. The van der Waals surface area contributed by atoms with Gasteiger partial charge in [0.15, 0.2) is 5.78 Å². The number of ether oxygens (including phenoxy) is 1. The summed E-state index contributed by atoms with van der Waals surface area (Å²) in [5.41, 5.74) is 0. The molecule has 2 fully saturated rings. The number of hydrogen-bond acceptors (Lipinski definition) is 3. The number of carbonyl (C=O) groups is 2. The second-order valence-corrected chi connectivity index (χ2v) is 6.78. The molecule has 0 spiro atoms. The van der Waals surface area contributed by atoms with Crippen LogP contribution in [0.2, 0.25) is 0 Å². The van der Waals surface area contributed by atoms with Crippen LogP contribution in [0.5, 0.6) is 0 Å². The highest BCUT2D eigenvalue weighted by atomic mass is 16.5. The minimum Gasteiger partial charge on any atom is -0.462 e. The van der Waals surface area contributed by atoms with Crippen molar-refractivity contribution in [1.29, 1.82) is 0 Å². The first-order chi connectivity index (χ1) is 11.2. The van der Waals surface area contributed by atoms with Gasteiger partial charge in [0.25, 0.3) is 0 Å². The Morgan fingerprint density at radius 1 is 1.17 bits per heavy atom. The highest BCUT2D eigenvalue weighted by molar-refractivity contribution is 5.94.